The van der Waals surface area contributed by atoms with Crippen molar-refractivity contribution in [3.8, 4) is 5.75 Å². The van der Waals surface area contributed by atoms with Crippen LogP contribution in [-0.4, -0.2) is 31.1 Å². The molecule has 8 nitrogen and oxygen atoms in total. The van der Waals surface area contributed by atoms with Gasteiger partial charge in [0.05, 0.1) is 12.7 Å². The van der Waals surface area contributed by atoms with Gasteiger partial charge in [-0.15, -0.1) is 5.10 Å². The predicted octanol–water partition coefficient (Wildman–Crippen LogP) is 3.67. The van der Waals surface area contributed by atoms with Gasteiger partial charge in [-0.05, 0) is 37.3 Å². The van der Waals surface area contributed by atoms with Crippen molar-refractivity contribution in [3.05, 3.63) is 63.6 Å². The fourth-order valence-electron chi connectivity index (χ4n) is 2.35. The summed E-state index contributed by atoms with van der Waals surface area (Å²) < 4.78 is 42.4. The Labute approximate surface area is 176 Å². The zero-order valence-corrected chi connectivity index (χ0v) is 17.8. The molecule has 0 aliphatic heterocycles. The first-order valence-electron chi connectivity index (χ1n) is 8.21. The zero-order valence-electron chi connectivity index (χ0n) is 15.4. The first-order valence-corrected chi connectivity index (χ1v) is 10.8. The van der Waals surface area contributed by atoms with E-state index in [4.69, 9.17) is 21.1 Å². The van der Waals surface area contributed by atoms with E-state index in [1.54, 1.807) is 24.3 Å². The van der Waals surface area contributed by atoms with Crippen LogP contribution in [-0.2, 0) is 21.4 Å². The van der Waals surface area contributed by atoms with Gasteiger partial charge in [0.1, 0.15) is 27.3 Å². The van der Waals surface area contributed by atoms with Crippen LogP contribution in [0.1, 0.15) is 21.6 Å². The summed E-state index contributed by atoms with van der Waals surface area (Å²) in [7, 11) is -2.67. The Hall–Kier alpha value is -2.69. The van der Waals surface area contributed by atoms with E-state index in [0.717, 1.165) is 17.1 Å². The van der Waals surface area contributed by atoms with E-state index in [0.29, 0.717) is 15.7 Å². The molecule has 0 amide bonds. The number of ether oxygens (including phenoxy) is 2. The summed E-state index contributed by atoms with van der Waals surface area (Å²) in [5.74, 6) is -0.642. The number of sulfonamides is 1. The Bertz CT molecular complexity index is 1130. The minimum atomic E-state index is -4.01. The maximum absolute atomic E-state index is 12.9. The number of carbonyl (C=O) groups excluding carboxylic acids is 1. The van der Waals surface area contributed by atoms with Crippen LogP contribution in [0.2, 0.25) is 4.34 Å². The maximum atomic E-state index is 12.9. The van der Waals surface area contributed by atoms with Crippen molar-refractivity contribution in [1.29, 1.82) is 0 Å². The lowest BCUT2D eigenvalue weighted by Crippen LogP contribution is -2.15. The van der Waals surface area contributed by atoms with Gasteiger partial charge >= 0.3 is 5.97 Å². The summed E-state index contributed by atoms with van der Waals surface area (Å²) in [6, 6.07) is 10.8. The number of methoxy groups -OCH3 is 1. The van der Waals surface area contributed by atoms with Crippen LogP contribution in [0.25, 0.3) is 0 Å². The lowest BCUT2D eigenvalue weighted by atomic mass is 10.2. The minimum Gasteiger partial charge on any atom is -0.495 e. The van der Waals surface area contributed by atoms with E-state index >= 15 is 0 Å². The van der Waals surface area contributed by atoms with Crippen LogP contribution in [0.3, 0.4) is 0 Å². The van der Waals surface area contributed by atoms with E-state index in [1.165, 1.54) is 25.3 Å². The van der Waals surface area contributed by atoms with Crippen molar-refractivity contribution in [2.24, 2.45) is 0 Å². The maximum Gasteiger partial charge on any atom is 0.338 e. The van der Waals surface area contributed by atoms with E-state index in [-0.39, 0.29) is 22.8 Å². The van der Waals surface area contributed by atoms with E-state index in [9.17, 15) is 13.2 Å². The molecular weight excluding hydrogens is 438 g/mol. The summed E-state index contributed by atoms with van der Waals surface area (Å²) in [5.41, 5.74) is 1.74. The number of hydrogen-bond donors (Lipinski definition) is 1. The number of esters is 1. The molecule has 29 heavy (non-hydrogen) atoms. The molecule has 3 aromatic rings. The molecule has 0 aliphatic carbocycles. The third-order valence-electron chi connectivity index (χ3n) is 3.84. The normalized spacial score (nSPS) is 11.1. The van der Waals surface area contributed by atoms with Gasteiger partial charge < -0.3 is 9.47 Å². The highest BCUT2D eigenvalue weighted by atomic mass is 35.5. The Kier molecular flexibility index (Phi) is 6.36. The van der Waals surface area contributed by atoms with Crippen LogP contribution in [0.5, 0.6) is 5.75 Å². The van der Waals surface area contributed by atoms with Crippen LogP contribution in [0.4, 0.5) is 5.69 Å². The molecular formula is C18H16ClN3O5S2. The van der Waals surface area contributed by atoms with Gasteiger partial charge in [0, 0.05) is 17.2 Å². The molecule has 0 spiro atoms. The van der Waals surface area contributed by atoms with Gasteiger partial charge in [0.2, 0.25) is 0 Å². The molecule has 0 aliphatic rings. The van der Waals surface area contributed by atoms with Crippen molar-refractivity contribution in [1.82, 2.24) is 9.59 Å². The number of aryl methyl sites for hydroxylation is 1. The molecule has 11 heteroatoms. The second-order valence-electron chi connectivity index (χ2n) is 5.91. The number of nitrogens with one attached hydrogen (secondary N) is 1. The smallest absolute Gasteiger partial charge is 0.338 e. The lowest BCUT2D eigenvalue weighted by molar-refractivity contribution is 0.0467. The second kappa shape index (κ2) is 8.76. The zero-order chi connectivity index (χ0) is 21.0. The average Bonchev–Trinajstić information content (AvgIpc) is 3.12. The van der Waals surface area contributed by atoms with Gasteiger partial charge in [0.15, 0.2) is 0 Å². The average molecular weight is 454 g/mol. The molecule has 0 bridgehead atoms. The number of aromatic nitrogens is 2. The first-order chi connectivity index (χ1) is 13.8. The SMILES string of the molecule is COc1ccc(C(=O)OCc2nnsc2Cl)cc1S(=O)(=O)Nc1ccc(C)cc1. The molecule has 0 radical (unpaired) electrons. The number of rotatable bonds is 7. The summed E-state index contributed by atoms with van der Waals surface area (Å²) in [6.07, 6.45) is 0. The Morgan fingerprint density at radius 2 is 1.93 bits per heavy atom. The van der Waals surface area contributed by atoms with Gasteiger partial charge in [-0.2, -0.15) is 0 Å². The van der Waals surface area contributed by atoms with Crippen molar-refractivity contribution < 1.29 is 22.7 Å². The number of hydrogen-bond acceptors (Lipinski definition) is 8. The quantitative estimate of drug-likeness (QED) is 0.544. The lowest BCUT2D eigenvalue weighted by Gasteiger charge is -2.13. The molecule has 0 unspecified atom stereocenters. The number of nitrogens with zero attached hydrogens (tertiary/aromatic N) is 2. The molecule has 0 fully saturated rings. The number of anilines is 1. The monoisotopic (exact) mass is 453 g/mol. The van der Waals surface area contributed by atoms with Crippen LogP contribution < -0.4 is 9.46 Å². The predicted molar refractivity (Wildman–Crippen MR) is 109 cm³/mol. The standard InChI is InChI=1S/C18H16ClN3O5S2/c1-11-3-6-13(7-4-11)21-29(24,25)16-9-12(5-8-15(16)26-2)18(23)27-10-14-17(19)28-22-20-14/h3-9,21H,10H2,1-2H3. The fraction of sp³-hybridized carbons (Fsp3) is 0.167. The molecule has 3 rings (SSSR count). The Morgan fingerprint density at radius 1 is 1.21 bits per heavy atom. The van der Waals surface area contributed by atoms with Crippen molar-refractivity contribution in [2.75, 3.05) is 11.8 Å². The van der Waals surface area contributed by atoms with E-state index < -0.39 is 16.0 Å². The molecule has 0 saturated carbocycles. The summed E-state index contributed by atoms with van der Waals surface area (Å²) in [4.78, 5) is 12.2. The fourth-order valence-corrected chi connectivity index (χ4v) is 4.20. The molecule has 1 heterocycles. The number of benzene rings is 2. The molecule has 1 aromatic heterocycles. The van der Waals surface area contributed by atoms with Gasteiger partial charge in [-0.3, -0.25) is 4.72 Å². The third-order valence-corrected chi connectivity index (χ3v) is 6.23. The molecule has 1 N–H and O–H groups in total. The molecule has 152 valence electrons. The Balaban J connectivity index is 1.84. The van der Waals surface area contributed by atoms with E-state index in [1.807, 2.05) is 6.92 Å². The minimum absolute atomic E-state index is 0.0365. The van der Waals surface area contributed by atoms with Crippen molar-refractivity contribution in [2.45, 2.75) is 18.4 Å². The number of halogens is 1. The van der Waals surface area contributed by atoms with Gasteiger partial charge in [-0.1, -0.05) is 33.8 Å². The summed E-state index contributed by atoms with van der Waals surface area (Å²) in [5, 5.41) is 3.75. The highest BCUT2D eigenvalue weighted by Gasteiger charge is 2.23. The highest BCUT2D eigenvalue weighted by Crippen LogP contribution is 2.28. The van der Waals surface area contributed by atoms with Crippen LogP contribution in [0.15, 0.2) is 47.4 Å². The number of carbonyl (C=O) groups is 1. The topological polar surface area (TPSA) is 107 Å². The highest BCUT2D eigenvalue weighted by molar-refractivity contribution is 7.92. The van der Waals surface area contributed by atoms with Crippen molar-refractivity contribution in [3.63, 3.8) is 0 Å². The molecule has 2 aromatic carbocycles. The summed E-state index contributed by atoms with van der Waals surface area (Å²) >= 11 is 6.85. The second-order valence-corrected chi connectivity index (χ2v) is 8.91. The summed E-state index contributed by atoms with van der Waals surface area (Å²) in [6.45, 7) is 1.72. The van der Waals surface area contributed by atoms with Crippen LogP contribution in [0, 0.1) is 6.92 Å². The Morgan fingerprint density at radius 3 is 2.55 bits per heavy atom. The van der Waals surface area contributed by atoms with Gasteiger partial charge in [0.25, 0.3) is 10.0 Å². The molecule has 0 atom stereocenters. The van der Waals surface area contributed by atoms with E-state index in [2.05, 4.69) is 14.3 Å². The van der Waals surface area contributed by atoms with Crippen LogP contribution >= 0.6 is 23.1 Å². The van der Waals surface area contributed by atoms with Gasteiger partial charge in [-0.25, -0.2) is 13.2 Å². The van der Waals surface area contributed by atoms with Crippen molar-refractivity contribution >= 4 is 44.8 Å². The first kappa shape index (κ1) is 21.0. The largest absolute Gasteiger partial charge is 0.495 e. The third kappa shape index (κ3) is 5.03. The molecule has 0 saturated heterocycles.